The van der Waals surface area contributed by atoms with Crippen LogP contribution in [0.4, 0.5) is 0 Å². The largest absolute Gasteiger partial charge is 0.336 e. The van der Waals surface area contributed by atoms with E-state index in [0.29, 0.717) is 12.3 Å². The van der Waals surface area contributed by atoms with Gasteiger partial charge < -0.3 is 4.90 Å². The minimum atomic E-state index is 0.240. The maximum absolute atomic E-state index is 12.1. The van der Waals surface area contributed by atoms with Gasteiger partial charge in [-0.05, 0) is 30.9 Å². The van der Waals surface area contributed by atoms with E-state index in [4.69, 9.17) is 0 Å². The Morgan fingerprint density at radius 3 is 2.94 bits per heavy atom. The summed E-state index contributed by atoms with van der Waals surface area (Å²) in [7, 11) is 0. The summed E-state index contributed by atoms with van der Waals surface area (Å²) in [6.45, 7) is 5.14. The first-order valence-electron chi connectivity index (χ1n) is 6.61. The third kappa shape index (κ3) is 2.51. The second-order valence-corrected chi connectivity index (χ2v) is 4.82. The number of amides is 1. The topological polar surface area (TPSA) is 20.3 Å². The molecule has 1 atom stereocenters. The standard InChI is InChI=1S/C15H21NO/c1-3-4-9-15(17)16-11-10-13-7-5-6-8-14(13)12(16)2/h5-8,12H,3-4,9-11H2,1-2H3. The summed E-state index contributed by atoms with van der Waals surface area (Å²) in [5, 5.41) is 0. The van der Waals surface area contributed by atoms with Gasteiger partial charge in [-0.1, -0.05) is 37.6 Å². The van der Waals surface area contributed by atoms with Gasteiger partial charge in [-0.25, -0.2) is 0 Å². The van der Waals surface area contributed by atoms with Gasteiger partial charge in [0.05, 0.1) is 6.04 Å². The average Bonchev–Trinajstić information content (AvgIpc) is 2.37. The molecular formula is C15H21NO. The van der Waals surface area contributed by atoms with Crippen LogP contribution in [0.3, 0.4) is 0 Å². The van der Waals surface area contributed by atoms with Crippen LogP contribution in [-0.2, 0) is 11.2 Å². The Bertz CT molecular complexity index is 400. The van der Waals surface area contributed by atoms with Crippen molar-refractivity contribution in [2.75, 3.05) is 6.54 Å². The van der Waals surface area contributed by atoms with Crippen molar-refractivity contribution in [3.63, 3.8) is 0 Å². The molecule has 2 heteroatoms. The molecule has 0 radical (unpaired) electrons. The van der Waals surface area contributed by atoms with Crippen molar-refractivity contribution in [1.29, 1.82) is 0 Å². The van der Waals surface area contributed by atoms with Crippen LogP contribution >= 0.6 is 0 Å². The van der Waals surface area contributed by atoms with Gasteiger partial charge in [0.25, 0.3) is 0 Å². The lowest BCUT2D eigenvalue weighted by Gasteiger charge is -2.35. The molecule has 2 nitrogen and oxygen atoms in total. The summed E-state index contributed by atoms with van der Waals surface area (Å²) in [6, 6.07) is 8.72. The third-order valence-electron chi connectivity index (χ3n) is 3.66. The predicted octanol–water partition coefficient (Wildman–Crippen LogP) is 3.32. The third-order valence-corrected chi connectivity index (χ3v) is 3.66. The van der Waals surface area contributed by atoms with Crippen molar-refractivity contribution in [2.24, 2.45) is 0 Å². The molecule has 0 aromatic heterocycles. The molecule has 1 aliphatic heterocycles. The zero-order valence-corrected chi connectivity index (χ0v) is 10.8. The van der Waals surface area contributed by atoms with Crippen LogP contribution in [0.15, 0.2) is 24.3 Å². The normalized spacial score (nSPS) is 18.9. The number of unbranched alkanes of at least 4 members (excludes halogenated alkanes) is 1. The summed E-state index contributed by atoms with van der Waals surface area (Å²) in [6.07, 6.45) is 3.79. The maximum Gasteiger partial charge on any atom is 0.223 e. The van der Waals surface area contributed by atoms with E-state index in [0.717, 1.165) is 25.8 Å². The first-order chi connectivity index (χ1) is 8.24. The SMILES string of the molecule is CCCCC(=O)N1CCc2ccccc2C1C. The quantitative estimate of drug-likeness (QED) is 0.781. The summed E-state index contributed by atoms with van der Waals surface area (Å²) in [5.41, 5.74) is 2.73. The van der Waals surface area contributed by atoms with E-state index in [1.54, 1.807) is 0 Å². The van der Waals surface area contributed by atoms with E-state index in [-0.39, 0.29) is 6.04 Å². The van der Waals surface area contributed by atoms with Crippen LogP contribution in [0.5, 0.6) is 0 Å². The Hall–Kier alpha value is -1.31. The van der Waals surface area contributed by atoms with Crippen LogP contribution < -0.4 is 0 Å². The molecule has 92 valence electrons. The molecule has 0 saturated carbocycles. The molecular weight excluding hydrogens is 210 g/mol. The van der Waals surface area contributed by atoms with Gasteiger partial charge in [-0.2, -0.15) is 0 Å². The lowest BCUT2D eigenvalue weighted by atomic mass is 9.93. The van der Waals surface area contributed by atoms with Gasteiger partial charge in [-0.15, -0.1) is 0 Å². The highest BCUT2D eigenvalue weighted by Gasteiger charge is 2.26. The number of benzene rings is 1. The Labute approximate surface area is 104 Å². The number of hydrogen-bond acceptors (Lipinski definition) is 1. The zero-order valence-electron chi connectivity index (χ0n) is 10.8. The molecule has 0 aliphatic carbocycles. The summed E-state index contributed by atoms with van der Waals surface area (Å²) < 4.78 is 0. The Kier molecular flexibility index (Phi) is 3.82. The smallest absolute Gasteiger partial charge is 0.223 e. The van der Waals surface area contributed by atoms with E-state index in [1.807, 2.05) is 4.90 Å². The van der Waals surface area contributed by atoms with Crippen molar-refractivity contribution in [2.45, 2.75) is 45.6 Å². The lowest BCUT2D eigenvalue weighted by Crippen LogP contribution is -2.38. The first-order valence-corrected chi connectivity index (χ1v) is 6.61. The van der Waals surface area contributed by atoms with Gasteiger partial charge >= 0.3 is 0 Å². The molecule has 0 N–H and O–H groups in total. The Balaban J connectivity index is 2.11. The Morgan fingerprint density at radius 2 is 2.18 bits per heavy atom. The van der Waals surface area contributed by atoms with E-state index in [9.17, 15) is 4.79 Å². The van der Waals surface area contributed by atoms with Crippen LogP contribution in [0.1, 0.15) is 50.3 Å². The number of hydrogen-bond donors (Lipinski definition) is 0. The molecule has 0 fully saturated rings. The molecule has 0 saturated heterocycles. The highest BCUT2D eigenvalue weighted by Crippen LogP contribution is 2.29. The number of carbonyl (C=O) groups is 1. The maximum atomic E-state index is 12.1. The van der Waals surface area contributed by atoms with Crippen molar-refractivity contribution < 1.29 is 4.79 Å². The Morgan fingerprint density at radius 1 is 1.41 bits per heavy atom. The highest BCUT2D eigenvalue weighted by molar-refractivity contribution is 5.77. The number of carbonyl (C=O) groups excluding carboxylic acids is 1. The van der Waals surface area contributed by atoms with Gasteiger partial charge in [-0.3, -0.25) is 4.79 Å². The van der Waals surface area contributed by atoms with Gasteiger partial charge in [0.15, 0.2) is 0 Å². The van der Waals surface area contributed by atoms with E-state index in [1.165, 1.54) is 11.1 Å². The van der Waals surface area contributed by atoms with Gasteiger partial charge in [0.1, 0.15) is 0 Å². The molecule has 1 amide bonds. The monoisotopic (exact) mass is 231 g/mol. The van der Waals surface area contributed by atoms with Crippen LogP contribution in [0, 0.1) is 0 Å². The second-order valence-electron chi connectivity index (χ2n) is 4.82. The summed E-state index contributed by atoms with van der Waals surface area (Å²) >= 11 is 0. The number of fused-ring (bicyclic) bond motifs is 1. The van der Waals surface area contributed by atoms with Crippen LogP contribution in [-0.4, -0.2) is 17.4 Å². The summed E-state index contributed by atoms with van der Waals surface area (Å²) in [5.74, 6) is 0.314. The zero-order chi connectivity index (χ0) is 12.3. The predicted molar refractivity (Wildman–Crippen MR) is 69.8 cm³/mol. The van der Waals surface area contributed by atoms with Crippen molar-refractivity contribution in [3.05, 3.63) is 35.4 Å². The molecule has 2 rings (SSSR count). The van der Waals surface area contributed by atoms with Crippen molar-refractivity contribution in [1.82, 2.24) is 4.90 Å². The minimum Gasteiger partial charge on any atom is -0.336 e. The molecule has 1 aromatic carbocycles. The van der Waals surface area contributed by atoms with Crippen molar-refractivity contribution in [3.8, 4) is 0 Å². The molecule has 1 aromatic rings. The van der Waals surface area contributed by atoms with Crippen molar-refractivity contribution >= 4 is 5.91 Å². The number of rotatable bonds is 3. The van der Waals surface area contributed by atoms with Crippen LogP contribution in [0.25, 0.3) is 0 Å². The molecule has 1 heterocycles. The fourth-order valence-electron chi connectivity index (χ4n) is 2.58. The molecule has 1 aliphatic rings. The minimum absolute atomic E-state index is 0.240. The summed E-state index contributed by atoms with van der Waals surface area (Å²) in [4.78, 5) is 14.1. The van der Waals surface area contributed by atoms with Gasteiger partial charge in [0.2, 0.25) is 5.91 Å². The second kappa shape index (κ2) is 5.35. The van der Waals surface area contributed by atoms with Gasteiger partial charge in [0, 0.05) is 13.0 Å². The molecule has 0 spiro atoms. The first kappa shape index (κ1) is 12.2. The lowest BCUT2D eigenvalue weighted by molar-refractivity contribution is -0.133. The number of nitrogens with zero attached hydrogens (tertiary/aromatic N) is 1. The van der Waals surface area contributed by atoms with E-state index in [2.05, 4.69) is 38.1 Å². The van der Waals surface area contributed by atoms with E-state index < -0.39 is 0 Å². The highest BCUT2D eigenvalue weighted by atomic mass is 16.2. The van der Waals surface area contributed by atoms with Crippen LogP contribution in [0.2, 0.25) is 0 Å². The molecule has 17 heavy (non-hydrogen) atoms. The fourth-order valence-corrected chi connectivity index (χ4v) is 2.58. The molecule has 1 unspecified atom stereocenters. The average molecular weight is 231 g/mol. The fraction of sp³-hybridized carbons (Fsp3) is 0.533. The van der Waals surface area contributed by atoms with E-state index >= 15 is 0 Å². The molecule has 0 bridgehead atoms.